The van der Waals surface area contributed by atoms with Crippen LogP contribution in [-0.4, -0.2) is 23.0 Å². The highest BCUT2D eigenvalue weighted by atomic mass is 32.2. The molecule has 2 aliphatic carbocycles. The molecule has 18 heavy (non-hydrogen) atoms. The lowest BCUT2D eigenvalue weighted by Crippen LogP contribution is -2.52. The number of carbonyl (C=O) groups excluding carboxylic acids is 1. The van der Waals surface area contributed by atoms with Gasteiger partial charge in [0.1, 0.15) is 5.54 Å². The average Bonchev–Trinajstić information content (AvgIpc) is 3.02. The maximum absolute atomic E-state index is 12.4. The first kappa shape index (κ1) is 12.3. The number of rotatable bonds is 2. The van der Waals surface area contributed by atoms with Gasteiger partial charge in [0.25, 0.3) is 0 Å². The van der Waals surface area contributed by atoms with Crippen LogP contribution in [-0.2, 0) is 4.79 Å². The van der Waals surface area contributed by atoms with Crippen molar-refractivity contribution in [2.24, 2.45) is 17.8 Å². The van der Waals surface area contributed by atoms with E-state index in [4.69, 9.17) is 0 Å². The van der Waals surface area contributed by atoms with E-state index < -0.39 is 5.54 Å². The Balaban J connectivity index is 1.65. The molecule has 0 spiro atoms. The molecule has 1 N–H and O–H groups in total. The number of nitriles is 1. The van der Waals surface area contributed by atoms with Gasteiger partial charge >= 0.3 is 0 Å². The molecule has 3 atom stereocenters. The van der Waals surface area contributed by atoms with Gasteiger partial charge in [0, 0.05) is 5.92 Å². The summed E-state index contributed by atoms with van der Waals surface area (Å²) in [7, 11) is 0. The van der Waals surface area contributed by atoms with Gasteiger partial charge in [-0.3, -0.25) is 4.79 Å². The maximum Gasteiger partial charge on any atom is 0.224 e. The van der Waals surface area contributed by atoms with E-state index in [2.05, 4.69) is 11.4 Å². The van der Waals surface area contributed by atoms with E-state index >= 15 is 0 Å². The summed E-state index contributed by atoms with van der Waals surface area (Å²) in [5, 5.41) is 12.5. The van der Waals surface area contributed by atoms with Crippen molar-refractivity contribution in [3.05, 3.63) is 0 Å². The third-order valence-electron chi connectivity index (χ3n) is 5.00. The van der Waals surface area contributed by atoms with Crippen molar-refractivity contribution in [3.63, 3.8) is 0 Å². The average molecular weight is 264 g/mol. The Labute approximate surface area is 113 Å². The predicted molar refractivity (Wildman–Crippen MR) is 72.0 cm³/mol. The van der Waals surface area contributed by atoms with Crippen molar-refractivity contribution in [1.82, 2.24) is 5.32 Å². The summed E-state index contributed by atoms with van der Waals surface area (Å²) >= 11 is 1.88. The number of nitrogens with one attached hydrogen (secondary N) is 1. The molecule has 3 rings (SSSR count). The molecule has 2 bridgehead atoms. The second kappa shape index (κ2) is 4.77. The van der Waals surface area contributed by atoms with Crippen LogP contribution in [0.5, 0.6) is 0 Å². The Morgan fingerprint density at radius 3 is 2.61 bits per heavy atom. The number of hydrogen-bond acceptors (Lipinski definition) is 3. The van der Waals surface area contributed by atoms with Gasteiger partial charge in [0.15, 0.2) is 0 Å². The zero-order valence-electron chi connectivity index (χ0n) is 10.7. The van der Waals surface area contributed by atoms with E-state index in [0.717, 1.165) is 36.7 Å². The van der Waals surface area contributed by atoms with Crippen molar-refractivity contribution < 1.29 is 4.79 Å². The molecule has 3 fully saturated rings. The molecule has 3 unspecified atom stereocenters. The highest BCUT2D eigenvalue weighted by Crippen LogP contribution is 2.48. The van der Waals surface area contributed by atoms with Gasteiger partial charge in [-0.1, -0.05) is 6.42 Å². The molecule has 1 heterocycles. The Morgan fingerprint density at radius 2 is 2.06 bits per heavy atom. The van der Waals surface area contributed by atoms with Gasteiger partial charge in [-0.25, -0.2) is 0 Å². The summed E-state index contributed by atoms with van der Waals surface area (Å²) in [5.41, 5.74) is -0.565. The smallest absolute Gasteiger partial charge is 0.224 e. The number of hydrogen-bond donors (Lipinski definition) is 1. The molecule has 98 valence electrons. The van der Waals surface area contributed by atoms with Crippen LogP contribution in [0.2, 0.25) is 0 Å². The summed E-state index contributed by atoms with van der Waals surface area (Å²) in [6.45, 7) is 0. The van der Waals surface area contributed by atoms with E-state index in [1.54, 1.807) is 0 Å². The summed E-state index contributed by atoms with van der Waals surface area (Å²) in [6.07, 6.45) is 6.45. The summed E-state index contributed by atoms with van der Waals surface area (Å²) < 4.78 is 0. The minimum absolute atomic E-state index is 0.163. The summed E-state index contributed by atoms with van der Waals surface area (Å²) in [5.74, 6) is 3.73. The van der Waals surface area contributed by atoms with Crippen LogP contribution in [0.4, 0.5) is 0 Å². The fourth-order valence-electron chi connectivity index (χ4n) is 3.88. The molecule has 0 aromatic carbocycles. The van der Waals surface area contributed by atoms with Crippen molar-refractivity contribution in [2.75, 3.05) is 11.5 Å². The molecule has 0 aromatic heterocycles. The fourth-order valence-corrected chi connectivity index (χ4v) is 5.07. The van der Waals surface area contributed by atoms with Crippen LogP contribution < -0.4 is 5.32 Å². The molecule has 0 radical (unpaired) electrons. The van der Waals surface area contributed by atoms with Crippen LogP contribution in [0.3, 0.4) is 0 Å². The van der Waals surface area contributed by atoms with E-state index in [9.17, 15) is 10.1 Å². The number of carbonyl (C=O) groups is 1. The molecule has 2 saturated carbocycles. The SMILES string of the molecule is N#CC1(NC(=O)C2CC3CCC2C3)CCSCC1. The topological polar surface area (TPSA) is 52.9 Å². The monoisotopic (exact) mass is 264 g/mol. The Morgan fingerprint density at radius 1 is 1.28 bits per heavy atom. The number of nitrogens with zero attached hydrogens (tertiary/aromatic N) is 1. The third kappa shape index (κ3) is 2.14. The second-order valence-electron chi connectivity index (χ2n) is 6.08. The highest BCUT2D eigenvalue weighted by Gasteiger charge is 2.45. The Kier molecular flexibility index (Phi) is 3.27. The van der Waals surface area contributed by atoms with Gasteiger partial charge in [0.2, 0.25) is 5.91 Å². The first-order valence-corrected chi connectivity index (χ1v) is 8.19. The van der Waals surface area contributed by atoms with Gasteiger partial charge < -0.3 is 5.32 Å². The molecule has 1 aliphatic heterocycles. The molecule has 3 aliphatic rings. The normalized spacial score (nSPS) is 37.2. The number of amides is 1. The van der Waals surface area contributed by atoms with Crippen molar-refractivity contribution in [2.45, 2.75) is 44.1 Å². The van der Waals surface area contributed by atoms with Crippen LogP contribution in [0, 0.1) is 29.1 Å². The van der Waals surface area contributed by atoms with Gasteiger partial charge in [-0.05, 0) is 55.4 Å². The van der Waals surface area contributed by atoms with Crippen molar-refractivity contribution in [3.8, 4) is 6.07 Å². The minimum atomic E-state index is -0.565. The van der Waals surface area contributed by atoms with Crippen molar-refractivity contribution in [1.29, 1.82) is 5.26 Å². The first-order valence-electron chi connectivity index (χ1n) is 7.03. The van der Waals surface area contributed by atoms with Crippen molar-refractivity contribution >= 4 is 17.7 Å². The molecular weight excluding hydrogens is 244 g/mol. The largest absolute Gasteiger partial charge is 0.338 e. The lowest BCUT2D eigenvalue weighted by atomic mass is 9.86. The molecular formula is C14H20N2OS. The van der Waals surface area contributed by atoms with E-state index in [1.807, 2.05) is 11.8 Å². The van der Waals surface area contributed by atoms with Crippen LogP contribution in [0.15, 0.2) is 0 Å². The molecule has 1 saturated heterocycles. The highest BCUT2D eigenvalue weighted by molar-refractivity contribution is 7.99. The van der Waals surface area contributed by atoms with Crippen LogP contribution >= 0.6 is 11.8 Å². The zero-order chi connectivity index (χ0) is 12.6. The fraction of sp³-hybridized carbons (Fsp3) is 0.857. The van der Waals surface area contributed by atoms with Gasteiger partial charge in [-0.15, -0.1) is 0 Å². The summed E-state index contributed by atoms with van der Waals surface area (Å²) in [6, 6.07) is 2.37. The van der Waals surface area contributed by atoms with Crippen LogP contribution in [0.25, 0.3) is 0 Å². The standard InChI is InChI=1S/C14H20N2OS/c15-9-14(3-5-18-6-4-14)16-13(17)12-8-10-1-2-11(12)7-10/h10-12H,1-8H2,(H,16,17). The second-order valence-corrected chi connectivity index (χ2v) is 7.30. The lowest BCUT2D eigenvalue weighted by Gasteiger charge is -2.33. The van der Waals surface area contributed by atoms with E-state index in [0.29, 0.717) is 5.92 Å². The van der Waals surface area contributed by atoms with Gasteiger partial charge in [0.05, 0.1) is 6.07 Å². The minimum Gasteiger partial charge on any atom is -0.338 e. The summed E-state index contributed by atoms with van der Waals surface area (Å²) in [4.78, 5) is 12.4. The number of fused-ring (bicyclic) bond motifs is 2. The number of thioether (sulfide) groups is 1. The molecule has 4 heteroatoms. The quantitative estimate of drug-likeness (QED) is 0.833. The van der Waals surface area contributed by atoms with Gasteiger partial charge in [-0.2, -0.15) is 17.0 Å². The lowest BCUT2D eigenvalue weighted by molar-refractivity contribution is -0.128. The van der Waals surface area contributed by atoms with E-state index in [1.165, 1.54) is 19.3 Å². The predicted octanol–water partition coefficient (Wildman–Crippen LogP) is 2.33. The third-order valence-corrected chi connectivity index (χ3v) is 5.98. The zero-order valence-corrected chi connectivity index (χ0v) is 11.5. The molecule has 0 aromatic rings. The molecule has 3 nitrogen and oxygen atoms in total. The maximum atomic E-state index is 12.4. The first-order chi connectivity index (χ1) is 8.72. The molecule has 1 amide bonds. The van der Waals surface area contributed by atoms with E-state index in [-0.39, 0.29) is 11.8 Å². The van der Waals surface area contributed by atoms with Crippen LogP contribution in [0.1, 0.15) is 38.5 Å². The Bertz CT molecular complexity index is 384. The Hall–Kier alpha value is -0.690.